The van der Waals surface area contributed by atoms with Gasteiger partial charge >= 0.3 is 0 Å². The first kappa shape index (κ1) is 9.71. The highest BCUT2D eigenvalue weighted by Crippen LogP contribution is 2.27. The molecule has 0 saturated heterocycles. The Bertz CT molecular complexity index is 748. The highest BCUT2D eigenvalue weighted by molar-refractivity contribution is 5.99. The van der Waals surface area contributed by atoms with Crippen LogP contribution >= 0.6 is 0 Å². The van der Waals surface area contributed by atoms with Crippen LogP contribution in [-0.4, -0.2) is 19.5 Å². The van der Waals surface area contributed by atoms with Gasteiger partial charge in [0.15, 0.2) is 5.65 Å². The summed E-state index contributed by atoms with van der Waals surface area (Å²) in [6.45, 7) is 1.84. The molecular formula is C11H8N4O2. The topological polar surface area (TPSA) is 73.3 Å². The third kappa shape index (κ3) is 1.27. The molecule has 0 N–H and O–H groups in total. The lowest BCUT2D eigenvalue weighted by Crippen LogP contribution is -1.92. The molecule has 0 aliphatic heterocycles. The Morgan fingerprint density at radius 2 is 2.06 bits per heavy atom. The monoisotopic (exact) mass is 228 g/mol. The maximum atomic E-state index is 10.9. The molecule has 0 spiro atoms. The second-order valence-corrected chi connectivity index (χ2v) is 3.75. The summed E-state index contributed by atoms with van der Waals surface area (Å²) in [5, 5.41) is 20.2. The Balaban J connectivity index is 2.52. The lowest BCUT2D eigenvalue weighted by molar-refractivity contribution is -0.383. The van der Waals surface area contributed by atoms with E-state index in [2.05, 4.69) is 10.2 Å². The first-order chi connectivity index (χ1) is 8.18. The van der Waals surface area contributed by atoms with Gasteiger partial charge in [0.05, 0.1) is 10.3 Å². The molecule has 6 nitrogen and oxygen atoms in total. The van der Waals surface area contributed by atoms with Gasteiger partial charge in [0.25, 0.3) is 5.69 Å². The smallest absolute Gasteiger partial charge is 0.277 e. The fourth-order valence-corrected chi connectivity index (χ4v) is 1.96. The molecule has 0 aliphatic rings. The van der Waals surface area contributed by atoms with Gasteiger partial charge in [-0.25, -0.2) is 0 Å². The molecule has 84 valence electrons. The molecule has 0 unspecified atom stereocenters. The molecule has 0 bridgehead atoms. The molecule has 0 saturated carbocycles. The molecular weight excluding hydrogens is 220 g/mol. The minimum absolute atomic E-state index is 0.0886. The Labute approximate surface area is 95.7 Å². The maximum Gasteiger partial charge on any atom is 0.277 e. The highest BCUT2D eigenvalue weighted by Gasteiger charge is 2.14. The van der Waals surface area contributed by atoms with Crippen LogP contribution in [0.15, 0.2) is 30.5 Å². The standard InChI is InChI=1S/C11H8N4O2/c1-7-12-13-11-9-3-2-4-10(15(16)17)8(9)5-6-14(7)11/h2-6H,1H3. The average molecular weight is 228 g/mol. The van der Waals surface area contributed by atoms with Crippen LogP contribution in [0.4, 0.5) is 5.69 Å². The van der Waals surface area contributed by atoms with E-state index >= 15 is 0 Å². The van der Waals surface area contributed by atoms with Crippen LogP contribution in [0.25, 0.3) is 16.4 Å². The Morgan fingerprint density at radius 3 is 2.82 bits per heavy atom. The summed E-state index contributed by atoms with van der Waals surface area (Å²) in [5.74, 6) is 0.758. The largest absolute Gasteiger partial charge is 0.286 e. The molecule has 0 amide bonds. The van der Waals surface area contributed by atoms with Crippen LogP contribution in [0.3, 0.4) is 0 Å². The molecule has 0 fully saturated rings. The summed E-state index contributed by atoms with van der Waals surface area (Å²) in [6, 6.07) is 6.68. The summed E-state index contributed by atoms with van der Waals surface area (Å²) in [4.78, 5) is 10.5. The van der Waals surface area contributed by atoms with Crippen LogP contribution < -0.4 is 0 Å². The van der Waals surface area contributed by atoms with Crippen molar-refractivity contribution in [1.82, 2.24) is 14.6 Å². The summed E-state index contributed by atoms with van der Waals surface area (Å²) < 4.78 is 1.81. The molecule has 2 heterocycles. The average Bonchev–Trinajstić information content (AvgIpc) is 2.70. The van der Waals surface area contributed by atoms with Crippen LogP contribution in [0, 0.1) is 17.0 Å². The van der Waals surface area contributed by atoms with Gasteiger partial charge in [-0.3, -0.25) is 14.5 Å². The number of rotatable bonds is 1. The van der Waals surface area contributed by atoms with Crippen molar-refractivity contribution in [1.29, 1.82) is 0 Å². The van der Waals surface area contributed by atoms with Gasteiger partial charge in [-0.05, 0) is 13.0 Å². The number of nitro benzene ring substituents is 1. The van der Waals surface area contributed by atoms with Gasteiger partial charge in [-0.2, -0.15) is 0 Å². The van der Waals surface area contributed by atoms with Crippen LogP contribution in [0.1, 0.15) is 5.82 Å². The molecule has 0 aliphatic carbocycles. The highest BCUT2D eigenvalue weighted by atomic mass is 16.6. The molecule has 0 radical (unpaired) electrons. The first-order valence-electron chi connectivity index (χ1n) is 5.06. The van der Waals surface area contributed by atoms with E-state index in [1.807, 2.05) is 17.4 Å². The van der Waals surface area contributed by atoms with Crippen molar-refractivity contribution in [2.24, 2.45) is 0 Å². The predicted molar refractivity (Wildman–Crippen MR) is 61.9 cm³/mol. The van der Waals surface area contributed by atoms with Crippen molar-refractivity contribution in [2.75, 3.05) is 0 Å². The maximum absolute atomic E-state index is 10.9. The van der Waals surface area contributed by atoms with E-state index in [9.17, 15) is 10.1 Å². The number of pyridine rings is 1. The number of benzene rings is 1. The van der Waals surface area contributed by atoms with Gasteiger partial charge in [0, 0.05) is 17.6 Å². The van der Waals surface area contributed by atoms with E-state index in [0.717, 1.165) is 11.2 Å². The molecule has 2 aromatic heterocycles. The van der Waals surface area contributed by atoms with E-state index in [-0.39, 0.29) is 10.6 Å². The zero-order valence-electron chi connectivity index (χ0n) is 8.99. The van der Waals surface area contributed by atoms with Crippen LogP contribution in [0.2, 0.25) is 0 Å². The number of nitrogens with zero attached hydrogens (tertiary/aromatic N) is 4. The molecule has 1 aromatic carbocycles. The first-order valence-corrected chi connectivity index (χ1v) is 5.06. The van der Waals surface area contributed by atoms with Crippen molar-refractivity contribution >= 4 is 22.1 Å². The molecule has 6 heteroatoms. The predicted octanol–water partition coefficient (Wildman–Crippen LogP) is 2.10. The summed E-state index contributed by atoms with van der Waals surface area (Å²) in [5.41, 5.74) is 0.731. The van der Waals surface area contributed by atoms with E-state index in [4.69, 9.17) is 0 Å². The molecule has 3 rings (SSSR count). The zero-order valence-corrected chi connectivity index (χ0v) is 8.99. The van der Waals surface area contributed by atoms with Gasteiger partial charge in [-0.15, -0.1) is 10.2 Å². The lowest BCUT2D eigenvalue weighted by Gasteiger charge is -2.01. The van der Waals surface area contributed by atoms with E-state index in [1.165, 1.54) is 6.07 Å². The van der Waals surface area contributed by atoms with E-state index < -0.39 is 0 Å². The van der Waals surface area contributed by atoms with Crippen molar-refractivity contribution in [2.45, 2.75) is 6.92 Å². The van der Waals surface area contributed by atoms with Crippen LogP contribution in [0.5, 0.6) is 0 Å². The van der Waals surface area contributed by atoms with Gasteiger partial charge in [0.2, 0.25) is 0 Å². The van der Waals surface area contributed by atoms with Crippen molar-refractivity contribution < 1.29 is 4.92 Å². The minimum Gasteiger partial charge on any atom is -0.286 e. The second kappa shape index (κ2) is 3.24. The fourth-order valence-electron chi connectivity index (χ4n) is 1.96. The minimum atomic E-state index is -0.387. The third-order valence-corrected chi connectivity index (χ3v) is 2.78. The second-order valence-electron chi connectivity index (χ2n) is 3.75. The lowest BCUT2D eigenvalue weighted by atomic mass is 10.1. The van der Waals surface area contributed by atoms with Crippen LogP contribution in [-0.2, 0) is 0 Å². The summed E-state index contributed by atoms with van der Waals surface area (Å²) in [6.07, 6.45) is 1.75. The Hall–Kier alpha value is -2.50. The molecule has 0 atom stereocenters. The van der Waals surface area contributed by atoms with Crippen molar-refractivity contribution in [3.8, 4) is 0 Å². The van der Waals surface area contributed by atoms with Crippen molar-refractivity contribution in [3.63, 3.8) is 0 Å². The number of aromatic nitrogens is 3. The van der Waals surface area contributed by atoms with E-state index in [0.29, 0.717) is 11.0 Å². The fraction of sp³-hybridized carbons (Fsp3) is 0.0909. The molecule has 17 heavy (non-hydrogen) atoms. The Morgan fingerprint density at radius 1 is 1.24 bits per heavy atom. The number of hydrogen-bond donors (Lipinski definition) is 0. The SMILES string of the molecule is Cc1nnc2c3cccc([N+](=O)[O-])c3ccn12. The number of aryl methyl sites for hydroxylation is 1. The number of nitro groups is 1. The normalized spacial score (nSPS) is 11.1. The third-order valence-electron chi connectivity index (χ3n) is 2.78. The Kier molecular flexibility index (Phi) is 1.85. The van der Waals surface area contributed by atoms with E-state index in [1.54, 1.807) is 18.3 Å². The van der Waals surface area contributed by atoms with Gasteiger partial charge in [-0.1, -0.05) is 12.1 Å². The quantitative estimate of drug-likeness (QED) is 0.472. The van der Waals surface area contributed by atoms with Gasteiger partial charge < -0.3 is 0 Å². The number of hydrogen-bond acceptors (Lipinski definition) is 4. The summed E-state index contributed by atoms with van der Waals surface area (Å²) in [7, 11) is 0. The zero-order chi connectivity index (χ0) is 12.0. The van der Waals surface area contributed by atoms with Crippen molar-refractivity contribution in [3.05, 3.63) is 46.4 Å². The molecule has 3 aromatic rings. The number of fused-ring (bicyclic) bond motifs is 3. The van der Waals surface area contributed by atoms with Gasteiger partial charge in [0.1, 0.15) is 5.82 Å². The summed E-state index contributed by atoms with van der Waals surface area (Å²) >= 11 is 0. The number of non-ortho nitro benzene ring substituents is 1.